The molecule has 3 rings (SSSR count). The van der Waals surface area contributed by atoms with E-state index in [0.717, 1.165) is 6.42 Å². The van der Waals surface area contributed by atoms with Gasteiger partial charge < -0.3 is 10.6 Å². The fourth-order valence-electron chi connectivity index (χ4n) is 3.04. The number of benzene rings is 1. The molecule has 2 aromatic rings. The van der Waals surface area contributed by atoms with Gasteiger partial charge in [0, 0.05) is 34.6 Å². The molecule has 1 aromatic carbocycles. The van der Waals surface area contributed by atoms with E-state index in [0.29, 0.717) is 12.1 Å². The van der Waals surface area contributed by atoms with Crippen LogP contribution in [0.4, 0.5) is 5.69 Å². The zero-order valence-electron chi connectivity index (χ0n) is 10.8. The van der Waals surface area contributed by atoms with Crippen LogP contribution in [-0.2, 0) is 0 Å². The van der Waals surface area contributed by atoms with Gasteiger partial charge in [0.2, 0.25) is 0 Å². The second-order valence-electron chi connectivity index (χ2n) is 5.24. The third kappa shape index (κ3) is 2.02. The number of rotatable bonds is 2. The third-order valence-electron chi connectivity index (χ3n) is 4.12. The van der Waals surface area contributed by atoms with Gasteiger partial charge in [0.05, 0.1) is 5.69 Å². The summed E-state index contributed by atoms with van der Waals surface area (Å²) in [5.74, 6) is 0. The SMILES string of the molecule is CN(c1csc2ccccc12)C1CCCCC1N. The van der Waals surface area contributed by atoms with Crippen molar-refractivity contribution in [2.75, 3.05) is 11.9 Å². The molecule has 1 aliphatic rings. The van der Waals surface area contributed by atoms with Crippen LogP contribution >= 0.6 is 11.3 Å². The lowest BCUT2D eigenvalue weighted by atomic mass is 9.90. The first-order chi connectivity index (χ1) is 8.77. The zero-order valence-corrected chi connectivity index (χ0v) is 11.6. The fourth-order valence-corrected chi connectivity index (χ4v) is 4.02. The molecule has 0 saturated heterocycles. The molecule has 0 spiro atoms. The number of anilines is 1. The summed E-state index contributed by atoms with van der Waals surface area (Å²) in [7, 11) is 2.20. The molecule has 3 heteroatoms. The van der Waals surface area contributed by atoms with Crippen LogP contribution in [0.3, 0.4) is 0 Å². The number of hydrogen-bond acceptors (Lipinski definition) is 3. The highest BCUT2D eigenvalue weighted by molar-refractivity contribution is 7.17. The van der Waals surface area contributed by atoms with E-state index in [1.165, 1.54) is 35.0 Å². The van der Waals surface area contributed by atoms with Crippen molar-refractivity contribution >= 4 is 27.1 Å². The maximum Gasteiger partial charge on any atom is 0.0555 e. The Hall–Kier alpha value is -1.06. The van der Waals surface area contributed by atoms with Gasteiger partial charge in [-0.25, -0.2) is 0 Å². The van der Waals surface area contributed by atoms with Gasteiger partial charge in [-0.15, -0.1) is 11.3 Å². The molecular weight excluding hydrogens is 240 g/mol. The first-order valence-corrected chi connectivity index (χ1v) is 7.60. The Labute approximate surface area is 112 Å². The van der Waals surface area contributed by atoms with Crippen LogP contribution in [0.15, 0.2) is 29.6 Å². The van der Waals surface area contributed by atoms with E-state index in [1.807, 2.05) is 11.3 Å². The Bertz CT molecular complexity index is 534. The van der Waals surface area contributed by atoms with E-state index >= 15 is 0 Å². The topological polar surface area (TPSA) is 29.3 Å². The Kier molecular flexibility index (Phi) is 3.27. The summed E-state index contributed by atoms with van der Waals surface area (Å²) in [4.78, 5) is 2.41. The van der Waals surface area contributed by atoms with Crippen molar-refractivity contribution in [1.29, 1.82) is 0 Å². The van der Waals surface area contributed by atoms with E-state index in [2.05, 4.69) is 41.6 Å². The van der Waals surface area contributed by atoms with E-state index in [9.17, 15) is 0 Å². The zero-order chi connectivity index (χ0) is 12.5. The van der Waals surface area contributed by atoms with E-state index in [-0.39, 0.29) is 0 Å². The Morgan fingerprint density at radius 1 is 1.22 bits per heavy atom. The van der Waals surface area contributed by atoms with E-state index in [4.69, 9.17) is 5.73 Å². The lowest BCUT2D eigenvalue weighted by Crippen LogP contribution is -2.48. The molecule has 1 fully saturated rings. The first-order valence-electron chi connectivity index (χ1n) is 6.72. The van der Waals surface area contributed by atoms with Gasteiger partial charge in [-0.1, -0.05) is 31.0 Å². The van der Waals surface area contributed by atoms with Gasteiger partial charge in [0.15, 0.2) is 0 Å². The van der Waals surface area contributed by atoms with Gasteiger partial charge in [0.1, 0.15) is 0 Å². The standard InChI is InChI=1S/C15H20N2S/c1-17(13-8-4-3-7-12(13)16)14-10-18-15-9-5-2-6-11(14)15/h2,5-6,9-10,12-13H,3-4,7-8,16H2,1H3. The molecule has 0 radical (unpaired) electrons. The summed E-state index contributed by atoms with van der Waals surface area (Å²) >= 11 is 1.83. The molecule has 0 aliphatic heterocycles. The van der Waals surface area contributed by atoms with Crippen LogP contribution in [0, 0.1) is 0 Å². The lowest BCUT2D eigenvalue weighted by Gasteiger charge is -2.37. The molecule has 1 aliphatic carbocycles. The quantitative estimate of drug-likeness (QED) is 0.894. The van der Waals surface area contributed by atoms with Crippen LogP contribution < -0.4 is 10.6 Å². The molecule has 18 heavy (non-hydrogen) atoms. The largest absolute Gasteiger partial charge is 0.369 e. The summed E-state index contributed by atoms with van der Waals surface area (Å²) < 4.78 is 1.36. The number of nitrogens with two attached hydrogens (primary N) is 1. The molecule has 2 atom stereocenters. The second kappa shape index (κ2) is 4.90. The molecular formula is C15H20N2S. The van der Waals surface area contributed by atoms with Crippen molar-refractivity contribution in [3.05, 3.63) is 29.6 Å². The van der Waals surface area contributed by atoms with Gasteiger partial charge in [-0.2, -0.15) is 0 Å². The molecule has 1 heterocycles. The van der Waals surface area contributed by atoms with Crippen molar-refractivity contribution < 1.29 is 0 Å². The van der Waals surface area contributed by atoms with Crippen LogP contribution in [0.25, 0.3) is 10.1 Å². The molecule has 2 unspecified atom stereocenters. The van der Waals surface area contributed by atoms with E-state index in [1.54, 1.807) is 0 Å². The number of likely N-dealkylation sites (N-methyl/N-ethyl adjacent to an activating group) is 1. The van der Waals surface area contributed by atoms with Crippen molar-refractivity contribution in [1.82, 2.24) is 0 Å². The lowest BCUT2D eigenvalue weighted by molar-refractivity contribution is 0.374. The van der Waals surface area contributed by atoms with Gasteiger partial charge in [0.25, 0.3) is 0 Å². The molecule has 1 saturated carbocycles. The Morgan fingerprint density at radius 3 is 2.83 bits per heavy atom. The number of nitrogens with zero attached hydrogens (tertiary/aromatic N) is 1. The summed E-state index contributed by atoms with van der Waals surface area (Å²) in [5, 5.41) is 3.63. The monoisotopic (exact) mass is 260 g/mol. The summed E-state index contributed by atoms with van der Waals surface area (Å²) in [6, 6.07) is 9.45. The molecule has 2 N–H and O–H groups in total. The molecule has 2 nitrogen and oxygen atoms in total. The molecule has 96 valence electrons. The highest BCUT2D eigenvalue weighted by atomic mass is 32.1. The fraction of sp³-hybridized carbons (Fsp3) is 0.467. The first kappa shape index (κ1) is 12.0. The van der Waals surface area contributed by atoms with Crippen molar-refractivity contribution in [3.8, 4) is 0 Å². The Morgan fingerprint density at radius 2 is 2.00 bits per heavy atom. The third-order valence-corrected chi connectivity index (χ3v) is 5.07. The predicted octanol–water partition coefficient (Wildman–Crippen LogP) is 3.61. The van der Waals surface area contributed by atoms with Crippen LogP contribution in [0.2, 0.25) is 0 Å². The van der Waals surface area contributed by atoms with E-state index < -0.39 is 0 Å². The van der Waals surface area contributed by atoms with Gasteiger partial charge >= 0.3 is 0 Å². The highest BCUT2D eigenvalue weighted by Crippen LogP contribution is 2.35. The minimum atomic E-state index is 0.322. The van der Waals surface area contributed by atoms with Crippen LogP contribution in [0.5, 0.6) is 0 Å². The maximum absolute atomic E-state index is 6.29. The minimum absolute atomic E-state index is 0.322. The van der Waals surface area contributed by atoms with Gasteiger partial charge in [-0.3, -0.25) is 0 Å². The Balaban J connectivity index is 1.93. The molecule has 0 bridgehead atoms. The summed E-state index contributed by atoms with van der Waals surface area (Å²) in [6.45, 7) is 0. The normalized spacial score (nSPS) is 24.3. The van der Waals surface area contributed by atoms with Crippen LogP contribution in [-0.4, -0.2) is 19.1 Å². The number of hydrogen-bond donors (Lipinski definition) is 1. The smallest absolute Gasteiger partial charge is 0.0555 e. The average Bonchev–Trinajstić information content (AvgIpc) is 2.82. The second-order valence-corrected chi connectivity index (χ2v) is 6.15. The van der Waals surface area contributed by atoms with Crippen LogP contribution in [0.1, 0.15) is 25.7 Å². The van der Waals surface area contributed by atoms with Gasteiger partial charge in [-0.05, 0) is 18.9 Å². The average molecular weight is 260 g/mol. The number of thiophene rings is 1. The molecule has 1 aromatic heterocycles. The highest BCUT2D eigenvalue weighted by Gasteiger charge is 2.26. The number of fused-ring (bicyclic) bond motifs is 1. The maximum atomic E-state index is 6.29. The van der Waals surface area contributed by atoms with Crippen molar-refractivity contribution in [2.45, 2.75) is 37.8 Å². The summed E-state index contributed by atoms with van der Waals surface area (Å²) in [5.41, 5.74) is 7.64. The van der Waals surface area contributed by atoms with Crippen molar-refractivity contribution in [2.24, 2.45) is 5.73 Å². The van der Waals surface area contributed by atoms with Crippen molar-refractivity contribution in [3.63, 3.8) is 0 Å². The minimum Gasteiger partial charge on any atom is -0.369 e. The molecule has 0 amide bonds. The predicted molar refractivity (Wildman–Crippen MR) is 80.5 cm³/mol. The summed E-state index contributed by atoms with van der Waals surface area (Å²) in [6.07, 6.45) is 4.99.